The Hall–Kier alpha value is -3.07. The van der Waals surface area contributed by atoms with Crippen molar-refractivity contribution in [2.24, 2.45) is 0 Å². The number of ketones is 1. The monoisotopic (exact) mass is 609 g/mol. The van der Waals surface area contributed by atoms with Crippen molar-refractivity contribution in [3.8, 4) is 23.0 Å². The van der Waals surface area contributed by atoms with E-state index in [4.69, 9.17) is 18.9 Å². The van der Waals surface area contributed by atoms with Crippen LogP contribution in [0.2, 0.25) is 0 Å². The highest BCUT2D eigenvalue weighted by Crippen LogP contribution is 2.40. The summed E-state index contributed by atoms with van der Waals surface area (Å²) >= 11 is 7.24. The SMILES string of the molecule is O=C1C(=Cc2cc3c(cc2Br)OCO3)CN(Cc2ccccc2)CC1=Cc1cc2c(cc1Br)OCO2. The lowest BCUT2D eigenvalue weighted by Crippen LogP contribution is -2.37. The first-order valence-electron chi connectivity index (χ1n) is 11.4. The number of carbonyl (C=O) groups is 1. The standard InChI is InChI=1S/C28H21Br2NO5/c29-22-10-26-24(33-15-35-26)8-18(22)6-20-13-31(12-17-4-2-1-3-5-17)14-21(28(20)32)7-19-9-25-27(11-23(19)30)36-16-34-25/h1-11H,12-16H2. The summed E-state index contributed by atoms with van der Waals surface area (Å²) in [6, 6.07) is 17.8. The van der Waals surface area contributed by atoms with E-state index in [9.17, 15) is 4.79 Å². The van der Waals surface area contributed by atoms with Crippen LogP contribution in [0.4, 0.5) is 0 Å². The number of hydrogen-bond acceptors (Lipinski definition) is 6. The molecule has 0 aliphatic carbocycles. The van der Waals surface area contributed by atoms with Gasteiger partial charge >= 0.3 is 0 Å². The molecule has 6 rings (SSSR count). The summed E-state index contributed by atoms with van der Waals surface area (Å²) in [6.45, 7) is 2.20. The van der Waals surface area contributed by atoms with E-state index in [2.05, 4.69) is 48.9 Å². The Bertz CT molecular complexity index is 1330. The number of benzene rings is 3. The number of halogens is 2. The smallest absolute Gasteiger partial charge is 0.231 e. The summed E-state index contributed by atoms with van der Waals surface area (Å²) in [5.74, 6) is 2.76. The molecule has 0 bridgehead atoms. The molecule has 36 heavy (non-hydrogen) atoms. The van der Waals surface area contributed by atoms with Crippen molar-refractivity contribution in [3.05, 3.63) is 91.4 Å². The number of ether oxygens (including phenoxy) is 4. The lowest BCUT2D eigenvalue weighted by molar-refractivity contribution is -0.113. The molecule has 0 N–H and O–H groups in total. The zero-order valence-corrected chi connectivity index (χ0v) is 22.3. The third-order valence-corrected chi connectivity index (χ3v) is 7.64. The van der Waals surface area contributed by atoms with E-state index in [1.807, 2.05) is 54.6 Å². The van der Waals surface area contributed by atoms with Crippen molar-refractivity contribution in [1.29, 1.82) is 0 Å². The maximum absolute atomic E-state index is 13.7. The molecule has 3 aromatic rings. The Labute approximate surface area is 225 Å². The minimum Gasteiger partial charge on any atom is -0.454 e. The number of nitrogens with zero attached hydrogens (tertiary/aromatic N) is 1. The van der Waals surface area contributed by atoms with E-state index in [1.54, 1.807) is 0 Å². The van der Waals surface area contributed by atoms with Gasteiger partial charge in [0.1, 0.15) is 0 Å². The summed E-state index contributed by atoms with van der Waals surface area (Å²) in [4.78, 5) is 16.0. The van der Waals surface area contributed by atoms with Gasteiger partial charge in [-0.1, -0.05) is 62.2 Å². The van der Waals surface area contributed by atoms with Gasteiger partial charge in [0.25, 0.3) is 0 Å². The molecule has 0 unspecified atom stereocenters. The van der Waals surface area contributed by atoms with Crippen molar-refractivity contribution in [1.82, 2.24) is 4.90 Å². The Morgan fingerprint density at radius 3 is 1.69 bits per heavy atom. The lowest BCUT2D eigenvalue weighted by atomic mass is 9.93. The molecular formula is C28H21Br2NO5. The molecule has 0 spiro atoms. The van der Waals surface area contributed by atoms with E-state index < -0.39 is 0 Å². The van der Waals surface area contributed by atoms with Crippen LogP contribution in [-0.4, -0.2) is 37.4 Å². The molecule has 1 fully saturated rings. The second-order valence-electron chi connectivity index (χ2n) is 8.75. The molecular weight excluding hydrogens is 590 g/mol. The average Bonchev–Trinajstić information content (AvgIpc) is 3.51. The Morgan fingerprint density at radius 1 is 0.722 bits per heavy atom. The van der Waals surface area contributed by atoms with Crippen LogP contribution in [0.25, 0.3) is 12.2 Å². The molecule has 3 heterocycles. The topological polar surface area (TPSA) is 57.2 Å². The molecule has 3 aliphatic rings. The van der Waals surface area contributed by atoms with Gasteiger partial charge in [0, 0.05) is 39.7 Å². The van der Waals surface area contributed by atoms with Crippen molar-refractivity contribution in [3.63, 3.8) is 0 Å². The van der Waals surface area contributed by atoms with Crippen LogP contribution in [0.3, 0.4) is 0 Å². The number of fused-ring (bicyclic) bond motifs is 2. The molecule has 0 amide bonds. The molecule has 0 aromatic heterocycles. The average molecular weight is 611 g/mol. The van der Waals surface area contributed by atoms with E-state index in [0.29, 0.717) is 47.2 Å². The van der Waals surface area contributed by atoms with Gasteiger partial charge < -0.3 is 18.9 Å². The van der Waals surface area contributed by atoms with Crippen molar-refractivity contribution in [2.75, 3.05) is 26.7 Å². The van der Waals surface area contributed by atoms with E-state index in [1.165, 1.54) is 5.56 Å². The summed E-state index contributed by atoms with van der Waals surface area (Å²) in [5, 5.41) is 0. The van der Waals surface area contributed by atoms with Crippen LogP contribution < -0.4 is 18.9 Å². The summed E-state index contributed by atoms with van der Waals surface area (Å²) in [6.07, 6.45) is 3.88. The number of piperidine rings is 1. The predicted molar refractivity (Wildman–Crippen MR) is 143 cm³/mol. The van der Waals surface area contributed by atoms with Crippen LogP contribution >= 0.6 is 31.9 Å². The zero-order valence-electron chi connectivity index (χ0n) is 19.1. The lowest BCUT2D eigenvalue weighted by Gasteiger charge is -2.30. The molecule has 3 aliphatic heterocycles. The third-order valence-electron chi connectivity index (χ3n) is 6.26. The summed E-state index contributed by atoms with van der Waals surface area (Å²) in [7, 11) is 0. The normalized spacial score (nSPS) is 18.9. The van der Waals surface area contributed by atoms with Crippen LogP contribution in [0, 0.1) is 0 Å². The summed E-state index contributed by atoms with van der Waals surface area (Å²) < 4.78 is 23.7. The van der Waals surface area contributed by atoms with Crippen LogP contribution in [-0.2, 0) is 11.3 Å². The van der Waals surface area contributed by atoms with Gasteiger partial charge in [-0.15, -0.1) is 0 Å². The van der Waals surface area contributed by atoms with E-state index in [-0.39, 0.29) is 19.4 Å². The second kappa shape index (κ2) is 9.76. The zero-order chi connectivity index (χ0) is 24.6. The highest BCUT2D eigenvalue weighted by atomic mass is 79.9. The highest BCUT2D eigenvalue weighted by Gasteiger charge is 2.28. The molecule has 182 valence electrons. The molecule has 0 radical (unpaired) electrons. The summed E-state index contributed by atoms with van der Waals surface area (Å²) in [5.41, 5.74) is 4.35. The van der Waals surface area contributed by atoms with E-state index >= 15 is 0 Å². The number of rotatable bonds is 4. The minimum absolute atomic E-state index is 0.0217. The molecule has 1 saturated heterocycles. The van der Waals surface area contributed by atoms with Gasteiger partial charge in [-0.05, 0) is 53.1 Å². The molecule has 8 heteroatoms. The fourth-order valence-corrected chi connectivity index (χ4v) is 5.40. The number of likely N-dealkylation sites (tertiary alicyclic amines) is 1. The van der Waals surface area contributed by atoms with E-state index in [0.717, 1.165) is 26.6 Å². The quantitative estimate of drug-likeness (QED) is 0.327. The first-order chi connectivity index (χ1) is 17.5. The number of hydrogen-bond donors (Lipinski definition) is 0. The van der Waals surface area contributed by atoms with Gasteiger partial charge in [-0.25, -0.2) is 0 Å². The number of carbonyl (C=O) groups excluding carboxylic acids is 1. The Kier molecular flexibility index (Phi) is 6.33. The third kappa shape index (κ3) is 4.68. The largest absolute Gasteiger partial charge is 0.454 e. The van der Waals surface area contributed by atoms with Gasteiger partial charge in [-0.2, -0.15) is 0 Å². The predicted octanol–water partition coefficient (Wildman–Crippen LogP) is 6.22. The van der Waals surface area contributed by atoms with Gasteiger partial charge in [0.2, 0.25) is 13.6 Å². The van der Waals surface area contributed by atoms with Crippen LogP contribution in [0.15, 0.2) is 74.7 Å². The fourth-order valence-electron chi connectivity index (χ4n) is 4.53. The molecule has 3 aromatic carbocycles. The van der Waals surface area contributed by atoms with Crippen LogP contribution in [0.1, 0.15) is 16.7 Å². The van der Waals surface area contributed by atoms with Gasteiger partial charge in [0.15, 0.2) is 28.8 Å². The second-order valence-corrected chi connectivity index (χ2v) is 10.5. The van der Waals surface area contributed by atoms with Crippen LogP contribution in [0.5, 0.6) is 23.0 Å². The maximum Gasteiger partial charge on any atom is 0.231 e. The minimum atomic E-state index is 0.0217. The Balaban J connectivity index is 1.38. The molecule has 0 atom stereocenters. The Morgan fingerprint density at radius 2 is 1.19 bits per heavy atom. The van der Waals surface area contributed by atoms with Crippen molar-refractivity contribution >= 4 is 49.8 Å². The van der Waals surface area contributed by atoms with Gasteiger partial charge in [-0.3, -0.25) is 9.69 Å². The fraction of sp³-hybridized carbons (Fsp3) is 0.179. The van der Waals surface area contributed by atoms with Crippen molar-refractivity contribution < 1.29 is 23.7 Å². The van der Waals surface area contributed by atoms with Gasteiger partial charge in [0.05, 0.1) is 0 Å². The maximum atomic E-state index is 13.7. The molecule has 6 nitrogen and oxygen atoms in total. The first kappa shape index (κ1) is 23.3. The molecule has 0 saturated carbocycles. The first-order valence-corrected chi connectivity index (χ1v) is 13.0. The van der Waals surface area contributed by atoms with Crippen molar-refractivity contribution in [2.45, 2.75) is 6.54 Å². The number of Topliss-reactive ketones (excluding diaryl/α,β-unsaturated/α-hetero) is 1. The highest BCUT2D eigenvalue weighted by molar-refractivity contribution is 9.10.